The van der Waals surface area contributed by atoms with Crippen molar-refractivity contribution in [1.29, 1.82) is 0 Å². The predicted octanol–water partition coefficient (Wildman–Crippen LogP) is 4.74. The Labute approximate surface area is 226 Å². The molecule has 0 bridgehead atoms. The van der Waals surface area contributed by atoms with Crippen molar-refractivity contribution in [2.45, 2.75) is 25.2 Å². The third-order valence-electron chi connectivity index (χ3n) is 4.04. The third kappa shape index (κ3) is 11.1. The summed E-state index contributed by atoms with van der Waals surface area (Å²) in [4.78, 5) is 4.80. The van der Waals surface area contributed by atoms with E-state index in [1.807, 2.05) is 19.1 Å². The number of halogens is 1. The molecule has 0 amide bonds. The van der Waals surface area contributed by atoms with Gasteiger partial charge in [0.05, 0.1) is 10.8 Å². The van der Waals surface area contributed by atoms with Crippen molar-refractivity contribution < 1.29 is 28.5 Å². The van der Waals surface area contributed by atoms with E-state index >= 15 is 0 Å². The molecule has 1 unspecified atom stereocenters. The van der Waals surface area contributed by atoms with E-state index in [1.54, 1.807) is 42.5 Å². The average molecular weight is 576 g/mol. The van der Waals surface area contributed by atoms with Gasteiger partial charge in [0, 0.05) is 22.4 Å². The molecule has 0 fully saturated rings. The minimum Gasteiger partial charge on any atom is -0.487 e. The van der Waals surface area contributed by atoms with Crippen LogP contribution in [0.5, 0.6) is 0 Å². The van der Waals surface area contributed by atoms with Crippen molar-refractivity contribution in [3.05, 3.63) is 72.1 Å². The molecular formula is C23H30ClN3O6S3. The third-order valence-corrected chi connectivity index (χ3v) is 5.44. The number of nitrogens with zero attached hydrogens (tertiary/aromatic N) is 1. The summed E-state index contributed by atoms with van der Waals surface area (Å²) in [6.45, 7) is 5.69. The minimum absolute atomic E-state index is 0. The number of nitrogens with two attached hydrogens (primary N) is 2. The van der Waals surface area contributed by atoms with Crippen molar-refractivity contribution in [1.82, 2.24) is 4.98 Å². The zero-order valence-electron chi connectivity index (χ0n) is 18.8. The first-order chi connectivity index (χ1) is 15.8. The van der Waals surface area contributed by atoms with E-state index in [9.17, 15) is 8.42 Å². The van der Waals surface area contributed by atoms with Gasteiger partial charge in [0.25, 0.3) is 10.3 Å². The van der Waals surface area contributed by atoms with Gasteiger partial charge in [-0.05, 0) is 48.7 Å². The summed E-state index contributed by atoms with van der Waals surface area (Å²) in [5.41, 5.74) is 10.6. The molecule has 0 aliphatic carbocycles. The van der Waals surface area contributed by atoms with Crippen LogP contribution >= 0.6 is 36.0 Å². The van der Waals surface area contributed by atoms with Crippen LogP contribution in [0.1, 0.15) is 26.2 Å². The SMILES string of the molecule is C.C=CC(C)c1nc(-c2ccc(Cl)cc2)c(-c2ccccc2S(C)(=O)=O)o1.NC(O)=S.NC(O)=S.O. The number of aliphatic hydroxyl groups is 2. The highest BCUT2D eigenvalue weighted by Gasteiger charge is 2.24. The van der Waals surface area contributed by atoms with Gasteiger partial charge in [-0.15, -0.1) is 6.58 Å². The van der Waals surface area contributed by atoms with Crippen LogP contribution in [0.15, 0.2) is 70.5 Å². The van der Waals surface area contributed by atoms with Gasteiger partial charge < -0.3 is 31.6 Å². The molecule has 0 aliphatic heterocycles. The summed E-state index contributed by atoms with van der Waals surface area (Å²) in [5.74, 6) is 0.778. The lowest BCUT2D eigenvalue weighted by atomic mass is 10.1. The quantitative estimate of drug-likeness (QED) is 0.244. The number of sulfone groups is 1. The molecule has 36 heavy (non-hydrogen) atoms. The van der Waals surface area contributed by atoms with Crippen molar-refractivity contribution in [3.8, 4) is 22.6 Å². The lowest BCUT2D eigenvalue weighted by molar-refractivity contribution is 0.494. The van der Waals surface area contributed by atoms with Crippen LogP contribution in [-0.2, 0) is 9.84 Å². The van der Waals surface area contributed by atoms with Crippen molar-refractivity contribution in [2.24, 2.45) is 11.5 Å². The van der Waals surface area contributed by atoms with Crippen LogP contribution in [0.3, 0.4) is 0 Å². The Morgan fingerprint density at radius 1 is 1.11 bits per heavy atom. The van der Waals surface area contributed by atoms with E-state index in [0.717, 1.165) is 5.56 Å². The molecule has 1 atom stereocenters. The van der Waals surface area contributed by atoms with Crippen molar-refractivity contribution in [3.63, 3.8) is 0 Å². The fraction of sp³-hybridized carbons (Fsp3) is 0.174. The smallest absolute Gasteiger partial charge is 0.251 e. The first kappa shape index (κ1) is 35.1. The number of aromatic nitrogens is 1. The molecule has 3 rings (SSSR count). The van der Waals surface area contributed by atoms with Gasteiger partial charge in [0.1, 0.15) is 5.69 Å². The molecule has 3 aromatic rings. The molecule has 0 saturated heterocycles. The summed E-state index contributed by atoms with van der Waals surface area (Å²) >= 11 is 13.7. The van der Waals surface area contributed by atoms with E-state index in [-0.39, 0.29) is 23.7 Å². The van der Waals surface area contributed by atoms with Crippen LogP contribution in [0.4, 0.5) is 0 Å². The second-order valence-electron chi connectivity index (χ2n) is 6.71. The minimum atomic E-state index is -3.43. The highest BCUT2D eigenvalue weighted by molar-refractivity contribution is 7.90. The Kier molecular flexibility index (Phi) is 15.5. The van der Waals surface area contributed by atoms with Gasteiger partial charge in [-0.2, -0.15) is 0 Å². The van der Waals surface area contributed by atoms with E-state index in [1.165, 1.54) is 6.26 Å². The monoisotopic (exact) mass is 575 g/mol. The van der Waals surface area contributed by atoms with E-state index < -0.39 is 20.2 Å². The molecule has 1 heterocycles. The zero-order chi connectivity index (χ0) is 26.1. The van der Waals surface area contributed by atoms with E-state index in [0.29, 0.717) is 27.9 Å². The van der Waals surface area contributed by atoms with Crippen molar-refractivity contribution >= 4 is 56.2 Å². The first-order valence-corrected chi connectivity index (χ1v) is 12.5. The number of oxazole rings is 1. The summed E-state index contributed by atoms with van der Waals surface area (Å²) in [6, 6.07) is 13.9. The Bertz CT molecular complexity index is 1240. The number of allylic oxidation sites excluding steroid dienone is 1. The first-order valence-electron chi connectivity index (χ1n) is 9.43. The molecule has 198 valence electrons. The topological polar surface area (TPSA) is 184 Å². The number of rotatable bonds is 5. The maximum atomic E-state index is 12.2. The fourth-order valence-corrected chi connectivity index (χ4v) is 3.61. The Morgan fingerprint density at radius 3 is 2.03 bits per heavy atom. The van der Waals surface area contributed by atoms with Crippen LogP contribution in [0.25, 0.3) is 22.6 Å². The number of benzene rings is 2. The standard InChI is InChI=1S/C20H18ClNO3S.2CH3NOS.CH4.H2O/c1-4-13(2)20-22-18(14-9-11-15(21)12-10-14)19(25-20)16-7-5-6-8-17(16)26(3,23)24;2*2-1(3)4;;/h4-13H,1H2,2-3H3;2*(H3,2,3,4);1H4;1H2. The normalized spacial score (nSPS) is 10.5. The van der Waals surface area contributed by atoms with Crippen LogP contribution in [-0.4, -0.2) is 45.7 Å². The van der Waals surface area contributed by atoms with E-state index in [2.05, 4.69) is 47.5 Å². The molecule has 8 N–H and O–H groups in total. The molecule has 0 spiro atoms. The van der Waals surface area contributed by atoms with Gasteiger partial charge in [0.2, 0.25) is 5.89 Å². The van der Waals surface area contributed by atoms with Crippen molar-refractivity contribution in [2.75, 3.05) is 6.26 Å². The van der Waals surface area contributed by atoms with Crippen LogP contribution < -0.4 is 11.5 Å². The van der Waals surface area contributed by atoms with E-state index in [4.69, 9.17) is 26.2 Å². The molecule has 0 radical (unpaired) electrons. The molecule has 2 aromatic carbocycles. The Hall–Kier alpha value is -3.03. The second kappa shape index (κ2) is 15.9. The fourth-order valence-electron chi connectivity index (χ4n) is 2.60. The average Bonchev–Trinajstić information content (AvgIpc) is 3.17. The second-order valence-corrected chi connectivity index (χ2v) is 9.96. The van der Waals surface area contributed by atoms with Crippen LogP contribution in [0, 0.1) is 0 Å². The maximum Gasteiger partial charge on any atom is 0.251 e. The number of aliphatic hydroxyl groups excluding tert-OH is 2. The number of hydrogen-bond acceptors (Lipinski definition) is 6. The maximum absolute atomic E-state index is 12.2. The molecule has 13 heteroatoms. The summed E-state index contributed by atoms with van der Waals surface area (Å²) < 4.78 is 30.4. The summed E-state index contributed by atoms with van der Waals surface area (Å²) in [5, 5.41) is 14.7. The Balaban J connectivity index is 0. The highest BCUT2D eigenvalue weighted by atomic mass is 35.5. The lowest BCUT2D eigenvalue weighted by Crippen LogP contribution is -2.03. The summed E-state index contributed by atoms with van der Waals surface area (Å²) in [6.07, 6.45) is 2.90. The van der Waals surface area contributed by atoms with Gasteiger partial charge in [-0.3, -0.25) is 0 Å². The molecular weight excluding hydrogens is 546 g/mol. The lowest BCUT2D eigenvalue weighted by Gasteiger charge is -2.07. The predicted molar refractivity (Wildman–Crippen MR) is 153 cm³/mol. The molecule has 9 nitrogen and oxygen atoms in total. The zero-order valence-corrected chi connectivity index (χ0v) is 22.0. The van der Waals surface area contributed by atoms with Gasteiger partial charge in [0.15, 0.2) is 15.6 Å². The largest absolute Gasteiger partial charge is 0.487 e. The molecule has 0 saturated carbocycles. The van der Waals surface area contributed by atoms with Gasteiger partial charge >= 0.3 is 0 Å². The Morgan fingerprint density at radius 2 is 1.58 bits per heavy atom. The highest BCUT2D eigenvalue weighted by Crippen LogP contribution is 2.38. The van der Waals surface area contributed by atoms with Gasteiger partial charge in [-0.1, -0.05) is 56.3 Å². The molecule has 1 aromatic heterocycles. The van der Waals surface area contributed by atoms with Gasteiger partial charge in [-0.25, -0.2) is 13.4 Å². The number of thiocarbonyl (C=S) groups is 2. The number of hydrogen-bond donors (Lipinski definition) is 4. The van der Waals surface area contributed by atoms with Crippen LogP contribution in [0.2, 0.25) is 5.02 Å². The summed E-state index contributed by atoms with van der Waals surface area (Å²) in [7, 11) is -3.43. The molecule has 0 aliphatic rings.